The molecule has 0 aromatic heterocycles. The fourth-order valence-electron chi connectivity index (χ4n) is 1.24. The van der Waals surface area contributed by atoms with Gasteiger partial charge in [-0.05, 0) is 24.1 Å². The number of amides is 1. The Hall–Kier alpha value is -1.39. The summed E-state index contributed by atoms with van der Waals surface area (Å²) in [6.45, 7) is 0.493. The highest BCUT2D eigenvalue weighted by Crippen LogP contribution is 2.09. The van der Waals surface area contributed by atoms with Crippen molar-refractivity contribution in [2.24, 2.45) is 5.73 Å². The number of carbonyl (C=O) groups excluding carboxylic acids is 1. The molecule has 0 radical (unpaired) electrons. The quantitative estimate of drug-likeness (QED) is 0.660. The van der Waals surface area contributed by atoms with Crippen LogP contribution in [0.1, 0.15) is 12.0 Å². The number of aliphatic hydroxyl groups is 1. The van der Waals surface area contributed by atoms with Gasteiger partial charge in [-0.3, -0.25) is 4.79 Å². The van der Waals surface area contributed by atoms with E-state index in [0.717, 1.165) is 11.3 Å². The van der Waals surface area contributed by atoms with Crippen molar-refractivity contribution in [3.63, 3.8) is 0 Å². The topological polar surface area (TPSA) is 75.4 Å². The van der Waals surface area contributed by atoms with Gasteiger partial charge in [0.05, 0.1) is 0 Å². The van der Waals surface area contributed by atoms with Crippen LogP contribution < -0.4 is 11.1 Å². The van der Waals surface area contributed by atoms with Gasteiger partial charge in [0.15, 0.2) is 0 Å². The number of aliphatic hydroxyl groups excluding tert-OH is 1. The molecule has 0 aliphatic heterocycles. The van der Waals surface area contributed by atoms with Crippen molar-refractivity contribution in [2.75, 3.05) is 18.5 Å². The molecule has 1 amide bonds. The first kappa shape index (κ1) is 11.7. The van der Waals surface area contributed by atoms with E-state index >= 15 is 0 Å². The molecule has 0 spiro atoms. The van der Waals surface area contributed by atoms with Gasteiger partial charge in [-0.2, -0.15) is 0 Å². The number of benzene rings is 1. The summed E-state index contributed by atoms with van der Waals surface area (Å²) in [6.07, 6.45) is 0.968. The fourth-order valence-corrected chi connectivity index (χ4v) is 1.24. The van der Waals surface area contributed by atoms with Gasteiger partial charge >= 0.3 is 0 Å². The van der Waals surface area contributed by atoms with E-state index in [4.69, 9.17) is 10.8 Å². The molecule has 82 valence electrons. The Kier molecular flexibility index (Phi) is 4.80. The number of nitrogens with one attached hydrogen (secondary N) is 1. The lowest BCUT2D eigenvalue weighted by atomic mass is 10.1. The van der Waals surface area contributed by atoms with Gasteiger partial charge in [0.2, 0.25) is 5.91 Å². The zero-order valence-corrected chi connectivity index (χ0v) is 8.57. The van der Waals surface area contributed by atoms with Crippen LogP contribution in [-0.2, 0) is 11.2 Å². The van der Waals surface area contributed by atoms with Gasteiger partial charge in [-0.15, -0.1) is 0 Å². The Morgan fingerprint density at radius 1 is 1.33 bits per heavy atom. The van der Waals surface area contributed by atoms with Crippen molar-refractivity contribution < 1.29 is 9.90 Å². The maximum Gasteiger partial charge on any atom is 0.225 e. The third kappa shape index (κ3) is 4.10. The minimum absolute atomic E-state index is 0.0765. The molecule has 0 saturated carbocycles. The molecule has 0 bridgehead atoms. The minimum Gasteiger partial charge on any atom is -0.396 e. The van der Waals surface area contributed by atoms with Crippen LogP contribution in [-0.4, -0.2) is 24.2 Å². The summed E-state index contributed by atoms with van der Waals surface area (Å²) >= 11 is 0. The summed E-state index contributed by atoms with van der Waals surface area (Å²) < 4.78 is 0. The van der Waals surface area contributed by atoms with E-state index in [1.54, 1.807) is 0 Å². The lowest BCUT2D eigenvalue weighted by Crippen LogP contribution is -2.16. The van der Waals surface area contributed by atoms with Crippen molar-refractivity contribution in [3.8, 4) is 0 Å². The average Bonchev–Trinajstić information content (AvgIpc) is 2.22. The largest absolute Gasteiger partial charge is 0.396 e. The summed E-state index contributed by atoms with van der Waals surface area (Å²) in [7, 11) is 0. The van der Waals surface area contributed by atoms with Crippen LogP contribution >= 0.6 is 0 Å². The molecule has 1 rings (SSSR count). The molecule has 0 heterocycles. The Bertz CT molecular complexity index is 309. The van der Waals surface area contributed by atoms with Crippen LogP contribution in [0.4, 0.5) is 5.69 Å². The average molecular weight is 208 g/mol. The Balaban J connectivity index is 2.52. The van der Waals surface area contributed by atoms with Gasteiger partial charge in [0.1, 0.15) is 0 Å². The summed E-state index contributed by atoms with van der Waals surface area (Å²) in [6, 6.07) is 7.40. The molecule has 0 saturated heterocycles. The van der Waals surface area contributed by atoms with Crippen molar-refractivity contribution in [2.45, 2.75) is 12.8 Å². The van der Waals surface area contributed by atoms with Gasteiger partial charge < -0.3 is 16.2 Å². The van der Waals surface area contributed by atoms with Crippen molar-refractivity contribution in [1.82, 2.24) is 0 Å². The molecule has 0 fully saturated rings. The Morgan fingerprint density at radius 3 is 2.53 bits per heavy atom. The van der Waals surface area contributed by atoms with Crippen LogP contribution in [0.3, 0.4) is 0 Å². The molecule has 1 aromatic rings. The minimum atomic E-state index is -0.0765. The van der Waals surface area contributed by atoms with E-state index in [0.29, 0.717) is 19.4 Å². The molecule has 0 unspecified atom stereocenters. The maximum absolute atomic E-state index is 11.2. The summed E-state index contributed by atoms with van der Waals surface area (Å²) in [5.41, 5.74) is 7.07. The second kappa shape index (κ2) is 6.16. The SMILES string of the molecule is NCCC(=O)Nc1ccc(CCO)cc1. The molecule has 4 nitrogen and oxygen atoms in total. The monoisotopic (exact) mass is 208 g/mol. The second-order valence-electron chi connectivity index (χ2n) is 3.26. The van der Waals surface area contributed by atoms with E-state index in [2.05, 4.69) is 5.32 Å². The molecule has 0 aliphatic rings. The van der Waals surface area contributed by atoms with E-state index in [-0.39, 0.29) is 12.5 Å². The molecule has 4 N–H and O–H groups in total. The van der Waals surface area contributed by atoms with Gasteiger partial charge in [-0.1, -0.05) is 12.1 Å². The normalized spacial score (nSPS) is 10.0. The first-order valence-corrected chi connectivity index (χ1v) is 4.96. The molecule has 0 aliphatic carbocycles. The van der Waals surface area contributed by atoms with Crippen molar-refractivity contribution in [1.29, 1.82) is 0 Å². The number of rotatable bonds is 5. The predicted molar refractivity (Wildman–Crippen MR) is 59.5 cm³/mol. The number of carbonyl (C=O) groups is 1. The molecular formula is C11H16N2O2. The molecular weight excluding hydrogens is 192 g/mol. The third-order valence-corrected chi connectivity index (χ3v) is 2.01. The van der Waals surface area contributed by atoms with Crippen molar-refractivity contribution in [3.05, 3.63) is 29.8 Å². The summed E-state index contributed by atoms with van der Waals surface area (Å²) in [4.78, 5) is 11.2. The van der Waals surface area contributed by atoms with Gasteiger partial charge in [-0.25, -0.2) is 0 Å². The second-order valence-corrected chi connectivity index (χ2v) is 3.26. The van der Waals surface area contributed by atoms with Gasteiger partial charge in [0, 0.05) is 25.3 Å². The number of hydrogen-bond donors (Lipinski definition) is 3. The van der Waals surface area contributed by atoms with Crippen LogP contribution in [0.2, 0.25) is 0 Å². The van der Waals surface area contributed by atoms with Gasteiger partial charge in [0.25, 0.3) is 0 Å². The standard InChI is InChI=1S/C11H16N2O2/c12-7-5-11(15)13-10-3-1-9(2-4-10)6-8-14/h1-4,14H,5-8,12H2,(H,13,15). The van der Waals surface area contributed by atoms with Crippen LogP contribution in [0.15, 0.2) is 24.3 Å². The smallest absolute Gasteiger partial charge is 0.225 e. The zero-order valence-electron chi connectivity index (χ0n) is 8.57. The number of nitrogens with two attached hydrogens (primary N) is 1. The molecule has 4 heteroatoms. The zero-order chi connectivity index (χ0) is 11.1. The van der Waals surface area contributed by atoms with E-state index in [1.807, 2.05) is 24.3 Å². The first-order chi connectivity index (χ1) is 7.26. The fraction of sp³-hybridized carbons (Fsp3) is 0.364. The molecule has 15 heavy (non-hydrogen) atoms. The van der Waals surface area contributed by atoms with Crippen LogP contribution in [0.25, 0.3) is 0 Å². The highest BCUT2D eigenvalue weighted by molar-refractivity contribution is 5.90. The number of anilines is 1. The van der Waals surface area contributed by atoms with E-state index in [9.17, 15) is 4.79 Å². The predicted octanol–water partition coefficient (Wildman–Crippen LogP) is 0.509. The Labute approximate surface area is 89.1 Å². The lowest BCUT2D eigenvalue weighted by molar-refractivity contribution is -0.116. The third-order valence-electron chi connectivity index (χ3n) is 2.01. The summed E-state index contributed by atoms with van der Waals surface area (Å²) in [5, 5.41) is 11.5. The highest BCUT2D eigenvalue weighted by atomic mass is 16.2. The van der Waals surface area contributed by atoms with Crippen molar-refractivity contribution >= 4 is 11.6 Å². The highest BCUT2D eigenvalue weighted by Gasteiger charge is 2.00. The first-order valence-electron chi connectivity index (χ1n) is 4.96. The molecule has 1 aromatic carbocycles. The van der Waals surface area contributed by atoms with Crippen LogP contribution in [0.5, 0.6) is 0 Å². The number of hydrogen-bond acceptors (Lipinski definition) is 3. The lowest BCUT2D eigenvalue weighted by Gasteiger charge is -2.05. The maximum atomic E-state index is 11.2. The van der Waals surface area contributed by atoms with E-state index in [1.165, 1.54) is 0 Å². The Morgan fingerprint density at radius 2 is 2.00 bits per heavy atom. The van der Waals surface area contributed by atoms with E-state index < -0.39 is 0 Å². The summed E-state index contributed by atoms with van der Waals surface area (Å²) in [5.74, 6) is -0.0765. The van der Waals surface area contributed by atoms with Crippen LogP contribution in [0, 0.1) is 0 Å². The molecule has 0 atom stereocenters.